The third kappa shape index (κ3) is 3.88. The summed E-state index contributed by atoms with van der Waals surface area (Å²) >= 11 is 2.07. The molecular weight excluding hydrogens is 180 g/mol. The molecule has 0 amide bonds. The van der Waals surface area contributed by atoms with Gasteiger partial charge in [0.15, 0.2) is 0 Å². The van der Waals surface area contributed by atoms with Crippen molar-refractivity contribution in [3.8, 4) is 0 Å². The van der Waals surface area contributed by atoms with Crippen molar-refractivity contribution >= 4 is 11.8 Å². The molecule has 0 aliphatic carbocycles. The van der Waals surface area contributed by atoms with Gasteiger partial charge in [-0.2, -0.15) is 11.8 Å². The van der Waals surface area contributed by atoms with Gasteiger partial charge in [-0.1, -0.05) is 6.92 Å². The van der Waals surface area contributed by atoms with E-state index in [4.69, 9.17) is 5.73 Å². The van der Waals surface area contributed by atoms with Gasteiger partial charge in [0, 0.05) is 30.1 Å². The van der Waals surface area contributed by atoms with Crippen LogP contribution < -0.4 is 5.73 Å². The summed E-state index contributed by atoms with van der Waals surface area (Å²) in [6.45, 7) is 6.93. The minimum atomic E-state index is 0.404. The topological polar surface area (TPSA) is 29.3 Å². The minimum Gasteiger partial charge on any atom is -0.328 e. The van der Waals surface area contributed by atoms with E-state index in [-0.39, 0.29) is 0 Å². The molecule has 2 unspecified atom stereocenters. The molecule has 1 aliphatic rings. The zero-order chi connectivity index (χ0) is 9.68. The Bertz CT molecular complexity index is 141. The molecule has 0 aromatic heterocycles. The Balaban J connectivity index is 2.18. The molecule has 1 aliphatic heterocycles. The van der Waals surface area contributed by atoms with E-state index >= 15 is 0 Å². The summed E-state index contributed by atoms with van der Waals surface area (Å²) in [5.74, 6) is 2.59. The van der Waals surface area contributed by atoms with Crippen LogP contribution in [-0.4, -0.2) is 41.6 Å². The number of nitrogens with zero attached hydrogens (tertiary/aromatic N) is 1. The Morgan fingerprint density at radius 2 is 2.38 bits per heavy atom. The maximum atomic E-state index is 5.90. The van der Waals surface area contributed by atoms with Gasteiger partial charge in [0.1, 0.15) is 0 Å². The Morgan fingerprint density at radius 1 is 1.62 bits per heavy atom. The second kappa shape index (κ2) is 5.89. The van der Waals surface area contributed by atoms with Gasteiger partial charge in [-0.05, 0) is 26.3 Å². The van der Waals surface area contributed by atoms with Gasteiger partial charge in [0.25, 0.3) is 0 Å². The zero-order valence-electron chi connectivity index (χ0n) is 8.83. The van der Waals surface area contributed by atoms with Crippen molar-refractivity contribution in [1.29, 1.82) is 0 Å². The van der Waals surface area contributed by atoms with Crippen molar-refractivity contribution in [1.82, 2.24) is 4.90 Å². The van der Waals surface area contributed by atoms with Gasteiger partial charge in [0.2, 0.25) is 0 Å². The number of rotatable bonds is 4. The van der Waals surface area contributed by atoms with Crippen LogP contribution in [0, 0.1) is 0 Å². The summed E-state index contributed by atoms with van der Waals surface area (Å²) in [4.78, 5) is 2.58. The molecule has 0 radical (unpaired) electrons. The second-order valence-electron chi connectivity index (χ2n) is 3.92. The number of hydrogen-bond acceptors (Lipinski definition) is 3. The van der Waals surface area contributed by atoms with Crippen LogP contribution in [0.4, 0.5) is 0 Å². The van der Waals surface area contributed by atoms with Gasteiger partial charge in [-0.25, -0.2) is 0 Å². The fourth-order valence-corrected chi connectivity index (χ4v) is 2.71. The molecule has 0 saturated carbocycles. The number of hydrogen-bond donors (Lipinski definition) is 1. The molecule has 0 bridgehead atoms. The molecule has 1 heterocycles. The third-order valence-corrected chi connectivity index (χ3v) is 4.01. The maximum absolute atomic E-state index is 5.90. The largest absolute Gasteiger partial charge is 0.328 e. The maximum Gasteiger partial charge on any atom is 0.0158 e. The average Bonchev–Trinajstić information content (AvgIpc) is 2.16. The molecule has 0 aromatic carbocycles. The Morgan fingerprint density at radius 3 is 3.00 bits per heavy atom. The van der Waals surface area contributed by atoms with Crippen LogP contribution in [-0.2, 0) is 0 Å². The first-order valence-electron chi connectivity index (χ1n) is 5.31. The predicted octanol–water partition coefficient (Wildman–Crippen LogP) is 1.55. The molecule has 2 atom stereocenters. The smallest absolute Gasteiger partial charge is 0.0158 e. The lowest BCUT2D eigenvalue weighted by Gasteiger charge is -2.33. The lowest BCUT2D eigenvalue weighted by molar-refractivity contribution is 0.223. The predicted molar refractivity (Wildman–Crippen MR) is 61.2 cm³/mol. The molecule has 3 heteroatoms. The van der Waals surface area contributed by atoms with Gasteiger partial charge in [-0.3, -0.25) is 4.90 Å². The number of nitrogens with two attached hydrogens (primary N) is 1. The van der Waals surface area contributed by atoms with Crippen LogP contribution in [0.15, 0.2) is 0 Å². The van der Waals surface area contributed by atoms with Crippen LogP contribution in [0.25, 0.3) is 0 Å². The second-order valence-corrected chi connectivity index (χ2v) is 5.07. The van der Waals surface area contributed by atoms with Crippen LogP contribution in [0.5, 0.6) is 0 Å². The van der Waals surface area contributed by atoms with Crippen LogP contribution in [0.2, 0.25) is 0 Å². The lowest BCUT2D eigenvalue weighted by Crippen LogP contribution is -2.42. The van der Waals surface area contributed by atoms with Gasteiger partial charge in [-0.15, -0.1) is 0 Å². The summed E-state index contributed by atoms with van der Waals surface area (Å²) in [5, 5.41) is 0. The molecule has 0 spiro atoms. The van der Waals surface area contributed by atoms with E-state index in [0.717, 1.165) is 18.9 Å². The van der Waals surface area contributed by atoms with E-state index in [1.54, 1.807) is 0 Å². The van der Waals surface area contributed by atoms with Gasteiger partial charge in [0.05, 0.1) is 0 Å². The highest BCUT2D eigenvalue weighted by atomic mass is 32.2. The zero-order valence-corrected chi connectivity index (χ0v) is 9.65. The quantitative estimate of drug-likeness (QED) is 0.750. The third-order valence-electron chi connectivity index (χ3n) is 2.82. The van der Waals surface area contributed by atoms with Crippen molar-refractivity contribution in [3.05, 3.63) is 0 Å². The van der Waals surface area contributed by atoms with Crippen molar-refractivity contribution in [2.75, 3.05) is 24.6 Å². The SMILES string of the molecule is CCC(N)CCN1CCSCC1C. The van der Waals surface area contributed by atoms with Crippen molar-refractivity contribution in [2.24, 2.45) is 5.73 Å². The van der Waals surface area contributed by atoms with Gasteiger partial charge >= 0.3 is 0 Å². The fourth-order valence-electron chi connectivity index (χ4n) is 1.63. The summed E-state index contributed by atoms with van der Waals surface area (Å²) in [5.41, 5.74) is 5.90. The van der Waals surface area contributed by atoms with E-state index in [2.05, 4.69) is 30.5 Å². The van der Waals surface area contributed by atoms with E-state index in [0.29, 0.717) is 6.04 Å². The van der Waals surface area contributed by atoms with Crippen LogP contribution in [0.3, 0.4) is 0 Å². The highest BCUT2D eigenvalue weighted by Crippen LogP contribution is 2.16. The molecule has 78 valence electrons. The highest BCUT2D eigenvalue weighted by molar-refractivity contribution is 7.99. The summed E-state index contributed by atoms with van der Waals surface area (Å²) in [6, 6.07) is 1.16. The first kappa shape index (κ1) is 11.3. The van der Waals surface area contributed by atoms with Crippen LogP contribution >= 0.6 is 11.8 Å². The Kier molecular flexibility index (Phi) is 5.14. The standard InChI is InChI=1S/C10H22N2S/c1-3-10(11)4-5-12-6-7-13-8-9(12)2/h9-10H,3-8,11H2,1-2H3. The molecular formula is C10H22N2S. The van der Waals surface area contributed by atoms with Gasteiger partial charge < -0.3 is 5.73 Å². The molecule has 0 aromatic rings. The van der Waals surface area contributed by atoms with Crippen molar-refractivity contribution in [2.45, 2.75) is 38.8 Å². The molecule has 2 nitrogen and oxygen atoms in total. The van der Waals surface area contributed by atoms with Crippen LogP contribution in [0.1, 0.15) is 26.7 Å². The molecule has 2 N–H and O–H groups in total. The van der Waals surface area contributed by atoms with E-state index in [9.17, 15) is 0 Å². The Labute approximate surface area is 86.2 Å². The minimum absolute atomic E-state index is 0.404. The van der Waals surface area contributed by atoms with Crippen molar-refractivity contribution < 1.29 is 0 Å². The average molecular weight is 202 g/mol. The van der Waals surface area contributed by atoms with E-state index in [1.807, 2.05) is 0 Å². The first-order valence-corrected chi connectivity index (χ1v) is 6.47. The highest BCUT2D eigenvalue weighted by Gasteiger charge is 2.18. The summed E-state index contributed by atoms with van der Waals surface area (Å²) in [6.07, 6.45) is 2.27. The summed E-state index contributed by atoms with van der Waals surface area (Å²) < 4.78 is 0. The van der Waals surface area contributed by atoms with E-state index in [1.165, 1.54) is 24.6 Å². The Hall–Kier alpha value is 0.270. The molecule has 13 heavy (non-hydrogen) atoms. The monoisotopic (exact) mass is 202 g/mol. The number of thioether (sulfide) groups is 1. The summed E-state index contributed by atoms with van der Waals surface area (Å²) in [7, 11) is 0. The lowest BCUT2D eigenvalue weighted by atomic mass is 10.1. The molecule has 1 fully saturated rings. The molecule has 1 saturated heterocycles. The molecule has 1 rings (SSSR count). The van der Waals surface area contributed by atoms with E-state index < -0.39 is 0 Å². The fraction of sp³-hybridized carbons (Fsp3) is 1.00. The first-order chi connectivity index (χ1) is 6.24. The van der Waals surface area contributed by atoms with Crippen molar-refractivity contribution in [3.63, 3.8) is 0 Å². The normalized spacial score (nSPS) is 27.5.